The number of ether oxygens (including phenoxy) is 1. The molecular formula is C23H30F2N4O3. The van der Waals surface area contributed by atoms with Crippen LogP contribution >= 0.6 is 0 Å². The average Bonchev–Trinajstić information content (AvgIpc) is 2.88. The first-order valence-corrected chi connectivity index (χ1v) is 10.7. The van der Waals surface area contributed by atoms with Crippen LogP contribution < -0.4 is 10.6 Å². The molecule has 9 heteroatoms. The Hall–Kier alpha value is -2.81. The van der Waals surface area contributed by atoms with Gasteiger partial charge in [-0.2, -0.15) is 0 Å². The molecule has 7 nitrogen and oxygen atoms in total. The average molecular weight is 449 g/mol. The zero-order valence-corrected chi connectivity index (χ0v) is 19.1. The molecule has 0 aliphatic carbocycles. The number of carbonyl (C=O) groups excluding carboxylic acids is 2. The number of rotatable bonds is 5. The van der Waals surface area contributed by atoms with E-state index in [2.05, 4.69) is 15.6 Å². The Labute approximate surface area is 186 Å². The summed E-state index contributed by atoms with van der Waals surface area (Å²) in [4.78, 5) is 30.5. The molecule has 0 bridgehead atoms. The number of amides is 2. The molecule has 1 aromatic heterocycles. The Morgan fingerprint density at radius 3 is 2.50 bits per heavy atom. The van der Waals surface area contributed by atoms with E-state index < -0.39 is 29.0 Å². The second-order valence-electron chi connectivity index (χ2n) is 9.35. The number of hydrogen-bond acceptors (Lipinski definition) is 4. The van der Waals surface area contributed by atoms with E-state index in [1.807, 2.05) is 34.6 Å². The molecule has 2 N–H and O–H groups in total. The fourth-order valence-corrected chi connectivity index (χ4v) is 3.65. The normalized spacial score (nSPS) is 15.1. The molecule has 0 spiro atoms. The summed E-state index contributed by atoms with van der Waals surface area (Å²) >= 11 is 0. The number of hydrogen-bond donors (Lipinski definition) is 2. The quantitative estimate of drug-likeness (QED) is 0.734. The molecule has 1 atom stereocenters. The molecule has 3 rings (SSSR count). The standard InChI is InChI=1S/C23H30F2N4O3/c1-13(2)26-22(31)19(23(3,4)5)28-21(30)18-17-12-32-10-6-9-29(17)20(27-18)14-7-8-15(24)16(25)11-14/h7-8,11,13,19H,6,9-10,12H2,1-5H3,(H,26,31)(H,28,30)/t19-/m1/s1. The molecule has 0 fully saturated rings. The molecule has 0 unspecified atom stereocenters. The van der Waals surface area contributed by atoms with Gasteiger partial charge in [0, 0.05) is 24.8 Å². The lowest BCUT2D eigenvalue weighted by Gasteiger charge is -2.30. The number of fused-ring (bicyclic) bond motifs is 1. The van der Waals surface area contributed by atoms with Crippen molar-refractivity contribution in [2.75, 3.05) is 6.61 Å². The predicted octanol–water partition coefficient (Wildman–Crippen LogP) is 3.42. The number of nitrogens with zero attached hydrogens (tertiary/aromatic N) is 2. The summed E-state index contributed by atoms with van der Waals surface area (Å²) in [6.45, 7) is 10.4. The third kappa shape index (κ3) is 5.15. The van der Waals surface area contributed by atoms with Crippen LogP contribution in [0.25, 0.3) is 11.4 Å². The fourth-order valence-electron chi connectivity index (χ4n) is 3.65. The number of aromatic nitrogens is 2. The van der Waals surface area contributed by atoms with Crippen molar-refractivity contribution < 1.29 is 23.1 Å². The van der Waals surface area contributed by atoms with E-state index in [4.69, 9.17) is 4.74 Å². The molecule has 174 valence electrons. The third-order valence-electron chi connectivity index (χ3n) is 5.21. The molecule has 0 saturated heterocycles. The van der Waals surface area contributed by atoms with Crippen LogP contribution in [0.3, 0.4) is 0 Å². The van der Waals surface area contributed by atoms with Crippen LogP contribution in [0.15, 0.2) is 18.2 Å². The zero-order chi connectivity index (χ0) is 23.6. The maximum absolute atomic E-state index is 13.9. The minimum atomic E-state index is -0.992. The van der Waals surface area contributed by atoms with Gasteiger partial charge in [-0.1, -0.05) is 20.8 Å². The van der Waals surface area contributed by atoms with Crippen molar-refractivity contribution >= 4 is 11.8 Å². The van der Waals surface area contributed by atoms with Crippen LogP contribution in [0.4, 0.5) is 8.78 Å². The molecule has 2 heterocycles. The first kappa shape index (κ1) is 23.8. The van der Waals surface area contributed by atoms with Gasteiger partial charge in [0.2, 0.25) is 5.91 Å². The Balaban J connectivity index is 2.01. The van der Waals surface area contributed by atoms with Gasteiger partial charge in [-0.05, 0) is 43.9 Å². The third-order valence-corrected chi connectivity index (χ3v) is 5.21. The van der Waals surface area contributed by atoms with Crippen molar-refractivity contribution in [3.8, 4) is 11.4 Å². The predicted molar refractivity (Wildman–Crippen MR) is 116 cm³/mol. The van der Waals surface area contributed by atoms with Crippen molar-refractivity contribution in [2.24, 2.45) is 5.41 Å². The number of carbonyl (C=O) groups is 2. The van der Waals surface area contributed by atoms with Gasteiger partial charge in [0.1, 0.15) is 11.9 Å². The van der Waals surface area contributed by atoms with Crippen LogP contribution in [0.1, 0.15) is 57.2 Å². The molecule has 1 aliphatic rings. The summed E-state index contributed by atoms with van der Waals surface area (Å²) in [7, 11) is 0. The topological polar surface area (TPSA) is 85.3 Å². The van der Waals surface area contributed by atoms with Gasteiger partial charge in [-0.15, -0.1) is 0 Å². The molecule has 1 aromatic carbocycles. The second kappa shape index (κ2) is 9.36. The van der Waals surface area contributed by atoms with Crippen LogP contribution in [-0.2, 0) is 22.7 Å². The molecule has 0 radical (unpaired) electrons. The summed E-state index contributed by atoms with van der Waals surface area (Å²) in [5, 5.41) is 5.66. The fraction of sp³-hybridized carbons (Fsp3) is 0.522. The Kier molecular flexibility index (Phi) is 6.97. The van der Waals surface area contributed by atoms with E-state index >= 15 is 0 Å². The first-order valence-electron chi connectivity index (χ1n) is 10.7. The van der Waals surface area contributed by atoms with Gasteiger partial charge in [0.15, 0.2) is 17.3 Å². The van der Waals surface area contributed by atoms with Crippen molar-refractivity contribution in [1.82, 2.24) is 20.2 Å². The van der Waals surface area contributed by atoms with Gasteiger partial charge in [-0.3, -0.25) is 9.59 Å². The zero-order valence-electron chi connectivity index (χ0n) is 19.1. The molecular weight excluding hydrogens is 418 g/mol. The van der Waals surface area contributed by atoms with E-state index in [0.717, 1.165) is 12.1 Å². The smallest absolute Gasteiger partial charge is 0.272 e. The summed E-state index contributed by atoms with van der Waals surface area (Å²) in [6, 6.07) is 2.64. The van der Waals surface area contributed by atoms with Gasteiger partial charge < -0.3 is 19.9 Å². The van der Waals surface area contributed by atoms with E-state index in [1.165, 1.54) is 6.07 Å². The van der Waals surface area contributed by atoms with E-state index in [1.54, 1.807) is 4.57 Å². The van der Waals surface area contributed by atoms with Crippen molar-refractivity contribution in [1.29, 1.82) is 0 Å². The summed E-state index contributed by atoms with van der Waals surface area (Å²) in [5.74, 6) is -2.40. The van der Waals surface area contributed by atoms with E-state index in [-0.39, 0.29) is 24.2 Å². The van der Waals surface area contributed by atoms with Crippen molar-refractivity contribution in [3.05, 3.63) is 41.2 Å². The maximum Gasteiger partial charge on any atom is 0.272 e. The lowest BCUT2D eigenvalue weighted by molar-refractivity contribution is -0.125. The molecule has 32 heavy (non-hydrogen) atoms. The summed E-state index contributed by atoms with van der Waals surface area (Å²) in [6.07, 6.45) is 0.683. The van der Waals surface area contributed by atoms with Gasteiger partial charge in [0.25, 0.3) is 5.91 Å². The Bertz CT molecular complexity index is 1010. The highest BCUT2D eigenvalue weighted by Gasteiger charge is 2.35. The van der Waals surface area contributed by atoms with Crippen LogP contribution in [0, 0.1) is 17.0 Å². The molecule has 2 aromatic rings. The molecule has 1 aliphatic heterocycles. The highest BCUT2D eigenvalue weighted by atomic mass is 19.2. The molecule has 0 saturated carbocycles. The Morgan fingerprint density at radius 1 is 1.16 bits per heavy atom. The minimum absolute atomic E-state index is 0.0819. The number of benzene rings is 1. The van der Waals surface area contributed by atoms with Gasteiger partial charge in [-0.25, -0.2) is 13.8 Å². The summed E-state index contributed by atoms with van der Waals surface area (Å²) < 4.78 is 34.7. The highest BCUT2D eigenvalue weighted by molar-refractivity contribution is 5.98. The van der Waals surface area contributed by atoms with Crippen molar-refractivity contribution in [3.63, 3.8) is 0 Å². The Morgan fingerprint density at radius 2 is 1.88 bits per heavy atom. The van der Waals surface area contributed by atoms with Crippen molar-refractivity contribution in [2.45, 2.75) is 66.3 Å². The minimum Gasteiger partial charge on any atom is -0.375 e. The summed E-state index contributed by atoms with van der Waals surface area (Å²) in [5.41, 5.74) is 0.455. The molecule has 2 amide bonds. The van der Waals surface area contributed by atoms with Gasteiger partial charge >= 0.3 is 0 Å². The van der Waals surface area contributed by atoms with Crippen LogP contribution in [0.2, 0.25) is 0 Å². The SMILES string of the molecule is CC(C)NC(=O)[C@@H](NC(=O)c1nc(-c2ccc(F)c(F)c2)n2c1COCCC2)C(C)(C)C. The lowest BCUT2D eigenvalue weighted by atomic mass is 9.86. The first-order chi connectivity index (χ1) is 15.0. The lowest BCUT2D eigenvalue weighted by Crippen LogP contribution is -2.54. The van der Waals surface area contributed by atoms with Crippen LogP contribution in [0.5, 0.6) is 0 Å². The van der Waals surface area contributed by atoms with E-state index in [0.29, 0.717) is 36.7 Å². The highest BCUT2D eigenvalue weighted by Crippen LogP contribution is 2.27. The van der Waals surface area contributed by atoms with Crippen LogP contribution in [-0.4, -0.2) is 40.1 Å². The maximum atomic E-state index is 13.9. The number of imidazole rings is 1. The number of halogens is 2. The monoisotopic (exact) mass is 448 g/mol. The second-order valence-corrected chi connectivity index (χ2v) is 9.35. The number of nitrogens with one attached hydrogen (secondary N) is 2. The van der Waals surface area contributed by atoms with E-state index in [9.17, 15) is 18.4 Å². The van der Waals surface area contributed by atoms with Gasteiger partial charge in [0.05, 0.1) is 12.3 Å². The largest absolute Gasteiger partial charge is 0.375 e.